The Morgan fingerprint density at radius 3 is 2.47 bits per heavy atom. The molecule has 0 bridgehead atoms. The third-order valence-electron chi connectivity index (χ3n) is 2.84. The molecule has 2 nitrogen and oxygen atoms in total. The normalized spacial score (nSPS) is 24.8. The van der Waals surface area contributed by atoms with Gasteiger partial charge in [-0.3, -0.25) is 4.79 Å². The van der Waals surface area contributed by atoms with E-state index < -0.39 is 23.8 Å². The van der Waals surface area contributed by atoms with Crippen molar-refractivity contribution in [1.82, 2.24) is 0 Å². The van der Waals surface area contributed by atoms with Gasteiger partial charge in [0, 0.05) is 11.5 Å². The van der Waals surface area contributed by atoms with Crippen molar-refractivity contribution in [3.63, 3.8) is 0 Å². The monoisotopic (exact) mass is 244 g/mol. The van der Waals surface area contributed by atoms with Gasteiger partial charge in [0.25, 0.3) is 0 Å². The molecule has 2 unspecified atom stereocenters. The molecule has 0 N–H and O–H groups in total. The Labute approximate surface area is 96.4 Å². The van der Waals surface area contributed by atoms with Crippen LogP contribution in [0.1, 0.15) is 30.6 Å². The minimum Gasteiger partial charge on any atom is -0.457 e. The Morgan fingerprint density at radius 1 is 1.29 bits per heavy atom. The first-order valence-corrected chi connectivity index (χ1v) is 5.25. The number of alkyl halides is 3. The van der Waals surface area contributed by atoms with Crippen LogP contribution in [0.2, 0.25) is 0 Å². The average Bonchev–Trinajstić information content (AvgIpc) is 2.56. The minimum absolute atomic E-state index is 0.0401. The molecule has 5 heteroatoms. The van der Waals surface area contributed by atoms with Gasteiger partial charge in [0.15, 0.2) is 0 Å². The molecule has 17 heavy (non-hydrogen) atoms. The van der Waals surface area contributed by atoms with Gasteiger partial charge in [0.2, 0.25) is 0 Å². The van der Waals surface area contributed by atoms with Crippen molar-refractivity contribution < 1.29 is 22.7 Å². The van der Waals surface area contributed by atoms with Crippen molar-refractivity contribution in [2.45, 2.75) is 25.6 Å². The lowest BCUT2D eigenvalue weighted by atomic mass is 9.93. The van der Waals surface area contributed by atoms with Gasteiger partial charge in [-0.1, -0.05) is 25.1 Å². The highest BCUT2D eigenvalue weighted by Gasteiger charge is 2.40. The topological polar surface area (TPSA) is 26.3 Å². The fourth-order valence-electron chi connectivity index (χ4n) is 2.05. The Kier molecular flexibility index (Phi) is 2.85. The number of benzene rings is 1. The Hall–Kier alpha value is -1.52. The maximum atomic E-state index is 12.8. The van der Waals surface area contributed by atoms with Crippen LogP contribution in [0.4, 0.5) is 13.2 Å². The van der Waals surface area contributed by atoms with Crippen molar-refractivity contribution in [2.24, 2.45) is 5.92 Å². The highest BCUT2D eigenvalue weighted by molar-refractivity contribution is 5.72. The van der Waals surface area contributed by atoms with Gasteiger partial charge in [-0.25, -0.2) is 0 Å². The van der Waals surface area contributed by atoms with E-state index in [2.05, 4.69) is 0 Å². The zero-order valence-electron chi connectivity index (χ0n) is 9.12. The molecule has 1 fully saturated rings. The number of esters is 1. The van der Waals surface area contributed by atoms with Gasteiger partial charge in [0.05, 0.1) is 12.0 Å². The Balaban J connectivity index is 2.42. The molecule has 0 radical (unpaired) electrons. The zero-order valence-corrected chi connectivity index (χ0v) is 9.12. The van der Waals surface area contributed by atoms with Gasteiger partial charge in [-0.15, -0.1) is 0 Å². The molecule has 1 aliphatic rings. The summed E-state index contributed by atoms with van der Waals surface area (Å²) in [6, 6.07) is 5.22. The van der Waals surface area contributed by atoms with Crippen LogP contribution in [0.5, 0.6) is 0 Å². The first-order chi connectivity index (χ1) is 7.89. The quantitative estimate of drug-likeness (QED) is 0.708. The summed E-state index contributed by atoms with van der Waals surface area (Å²) in [6.45, 7) is 1.71. The molecule has 2 rings (SSSR count). The number of ether oxygens (including phenoxy) is 1. The largest absolute Gasteiger partial charge is 0.457 e. The summed E-state index contributed by atoms with van der Waals surface area (Å²) < 4.78 is 43.3. The molecule has 0 saturated carbocycles. The van der Waals surface area contributed by atoms with E-state index in [1.54, 1.807) is 6.92 Å². The molecule has 1 aromatic rings. The van der Waals surface area contributed by atoms with Gasteiger partial charge < -0.3 is 4.74 Å². The van der Waals surface area contributed by atoms with E-state index >= 15 is 0 Å². The van der Waals surface area contributed by atoms with E-state index in [0.29, 0.717) is 0 Å². The van der Waals surface area contributed by atoms with E-state index in [1.165, 1.54) is 18.2 Å². The molecular weight excluding hydrogens is 233 g/mol. The van der Waals surface area contributed by atoms with Crippen LogP contribution in [0.25, 0.3) is 0 Å². The standard InChI is InChI=1S/C12H11F3O2/c1-7-6-10(16)17-11(7)8-4-2-3-5-9(8)12(13,14)15/h2-5,7,11H,6H2,1H3. The molecule has 0 spiro atoms. The summed E-state index contributed by atoms with van der Waals surface area (Å²) in [5.74, 6) is -0.675. The summed E-state index contributed by atoms with van der Waals surface area (Å²) in [6.07, 6.45) is -5.05. The molecule has 1 saturated heterocycles. The molecular formula is C12H11F3O2. The lowest BCUT2D eigenvalue weighted by Crippen LogP contribution is -2.14. The summed E-state index contributed by atoms with van der Waals surface area (Å²) >= 11 is 0. The highest BCUT2D eigenvalue weighted by Crippen LogP contribution is 2.41. The van der Waals surface area contributed by atoms with Gasteiger partial charge in [0.1, 0.15) is 6.10 Å². The van der Waals surface area contributed by atoms with Crippen molar-refractivity contribution in [2.75, 3.05) is 0 Å². The lowest BCUT2D eigenvalue weighted by Gasteiger charge is -2.19. The van der Waals surface area contributed by atoms with Gasteiger partial charge in [-0.2, -0.15) is 13.2 Å². The molecule has 92 valence electrons. The first kappa shape index (κ1) is 12.0. The van der Waals surface area contributed by atoms with Crippen molar-refractivity contribution in [3.8, 4) is 0 Å². The third-order valence-corrected chi connectivity index (χ3v) is 2.84. The van der Waals surface area contributed by atoms with Crippen LogP contribution >= 0.6 is 0 Å². The minimum atomic E-state index is -4.43. The van der Waals surface area contributed by atoms with E-state index in [9.17, 15) is 18.0 Å². The molecule has 0 amide bonds. The number of cyclic esters (lactones) is 1. The van der Waals surface area contributed by atoms with Crippen LogP contribution < -0.4 is 0 Å². The van der Waals surface area contributed by atoms with Crippen molar-refractivity contribution in [3.05, 3.63) is 35.4 Å². The predicted molar refractivity (Wildman–Crippen MR) is 54.1 cm³/mol. The second-order valence-corrected chi connectivity index (χ2v) is 4.18. The van der Waals surface area contributed by atoms with Crippen LogP contribution in [0.3, 0.4) is 0 Å². The van der Waals surface area contributed by atoms with Crippen LogP contribution in [-0.2, 0) is 15.7 Å². The summed E-state index contributed by atoms with van der Waals surface area (Å²) in [4.78, 5) is 11.1. The number of halogens is 3. The van der Waals surface area contributed by atoms with Crippen LogP contribution in [0, 0.1) is 5.92 Å². The molecule has 1 heterocycles. The Bertz CT molecular complexity index is 440. The van der Waals surface area contributed by atoms with Crippen molar-refractivity contribution >= 4 is 5.97 Å². The van der Waals surface area contributed by atoms with Crippen LogP contribution in [-0.4, -0.2) is 5.97 Å². The lowest BCUT2D eigenvalue weighted by molar-refractivity contribution is -0.146. The number of hydrogen-bond donors (Lipinski definition) is 0. The van der Waals surface area contributed by atoms with E-state index in [0.717, 1.165) is 6.07 Å². The van der Waals surface area contributed by atoms with Gasteiger partial charge >= 0.3 is 12.1 Å². The SMILES string of the molecule is CC1CC(=O)OC1c1ccccc1C(F)(F)F. The third kappa shape index (κ3) is 2.28. The predicted octanol–water partition coefficient (Wildman–Crippen LogP) is 3.33. The molecule has 2 atom stereocenters. The summed E-state index contributed by atoms with van der Waals surface area (Å²) in [7, 11) is 0. The van der Waals surface area contributed by atoms with Gasteiger partial charge in [-0.05, 0) is 6.07 Å². The average molecular weight is 244 g/mol. The fraction of sp³-hybridized carbons (Fsp3) is 0.417. The molecule has 1 aromatic carbocycles. The van der Waals surface area contributed by atoms with Crippen LogP contribution in [0.15, 0.2) is 24.3 Å². The summed E-state index contributed by atoms with van der Waals surface area (Å²) in [5.41, 5.74) is -0.690. The maximum Gasteiger partial charge on any atom is 0.416 e. The number of rotatable bonds is 1. The second kappa shape index (κ2) is 4.05. The van der Waals surface area contributed by atoms with Crippen molar-refractivity contribution in [1.29, 1.82) is 0 Å². The molecule has 0 aromatic heterocycles. The Morgan fingerprint density at radius 2 is 1.94 bits per heavy atom. The second-order valence-electron chi connectivity index (χ2n) is 4.18. The fourth-order valence-corrected chi connectivity index (χ4v) is 2.05. The first-order valence-electron chi connectivity index (χ1n) is 5.25. The zero-order chi connectivity index (χ0) is 12.6. The smallest absolute Gasteiger partial charge is 0.416 e. The highest BCUT2D eigenvalue weighted by atomic mass is 19.4. The number of carbonyl (C=O) groups excluding carboxylic acids is 1. The summed E-state index contributed by atoms with van der Waals surface area (Å²) in [5, 5.41) is 0. The number of carbonyl (C=O) groups is 1. The van der Waals surface area contributed by atoms with E-state index in [-0.39, 0.29) is 17.9 Å². The number of hydrogen-bond acceptors (Lipinski definition) is 2. The van der Waals surface area contributed by atoms with E-state index in [4.69, 9.17) is 4.74 Å². The maximum absolute atomic E-state index is 12.8. The molecule has 1 aliphatic heterocycles. The van der Waals surface area contributed by atoms with E-state index in [1.807, 2.05) is 0 Å². The molecule has 0 aliphatic carbocycles.